The summed E-state index contributed by atoms with van der Waals surface area (Å²) in [5.41, 5.74) is 2.42. The molecule has 4 aromatic carbocycles. The number of fused-ring (bicyclic) bond motifs is 1. The van der Waals surface area contributed by atoms with Crippen LogP contribution in [0.25, 0.3) is 10.8 Å². The van der Waals surface area contributed by atoms with Crippen molar-refractivity contribution in [1.29, 1.82) is 0 Å². The summed E-state index contributed by atoms with van der Waals surface area (Å²) in [5, 5.41) is 27.0. The van der Waals surface area contributed by atoms with Crippen molar-refractivity contribution in [3.8, 4) is 11.5 Å². The van der Waals surface area contributed by atoms with Gasteiger partial charge < -0.3 is 9.84 Å². The van der Waals surface area contributed by atoms with Gasteiger partial charge in [0, 0.05) is 11.6 Å². The number of rotatable bonds is 6. The van der Waals surface area contributed by atoms with E-state index in [4.69, 9.17) is 4.74 Å². The number of benzene rings is 4. The second-order valence-electron chi connectivity index (χ2n) is 7.16. The highest BCUT2D eigenvalue weighted by Crippen LogP contribution is 2.28. The van der Waals surface area contributed by atoms with Gasteiger partial charge in [0.15, 0.2) is 0 Å². The zero-order valence-electron chi connectivity index (χ0n) is 17.5. The molecule has 0 aliphatic heterocycles. The van der Waals surface area contributed by atoms with Crippen LogP contribution in [0.4, 0.5) is 5.69 Å². The van der Waals surface area contributed by atoms with Gasteiger partial charge in [0.05, 0.1) is 22.3 Å². The molecule has 0 saturated carbocycles. The van der Waals surface area contributed by atoms with Gasteiger partial charge in [0.2, 0.25) is 5.75 Å². The molecule has 1 amide bonds. The number of phenolic OH excluding ortho intramolecular Hbond substituents is 1. The van der Waals surface area contributed by atoms with E-state index in [2.05, 4.69) is 10.5 Å². The number of nitro benzene ring substituents is 1. The molecule has 168 valence electrons. The first kappa shape index (κ1) is 22.2. The summed E-state index contributed by atoms with van der Waals surface area (Å²) in [5.74, 6) is -1.80. The van der Waals surface area contributed by atoms with Crippen molar-refractivity contribution in [1.82, 2.24) is 5.43 Å². The van der Waals surface area contributed by atoms with Crippen LogP contribution in [0.3, 0.4) is 0 Å². The van der Waals surface area contributed by atoms with Crippen LogP contribution >= 0.6 is 0 Å². The Balaban J connectivity index is 1.49. The second kappa shape index (κ2) is 9.61. The molecule has 9 heteroatoms. The van der Waals surface area contributed by atoms with Crippen molar-refractivity contribution < 1.29 is 24.4 Å². The van der Waals surface area contributed by atoms with Gasteiger partial charge in [-0.25, -0.2) is 10.2 Å². The third kappa shape index (κ3) is 4.89. The summed E-state index contributed by atoms with van der Waals surface area (Å²) in [6.07, 6.45) is 1.20. The minimum Gasteiger partial charge on any atom is -0.507 e. The maximum Gasteiger partial charge on any atom is 0.343 e. The van der Waals surface area contributed by atoms with E-state index in [9.17, 15) is 24.8 Å². The minimum absolute atomic E-state index is 0.0324. The largest absolute Gasteiger partial charge is 0.507 e. The fourth-order valence-corrected chi connectivity index (χ4v) is 3.21. The first-order valence-electron chi connectivity index (χ1n) is 10.0. The summed E-state index contributed by atoms with van der Waals surface area (Å²) in [6.45, 7) is 0. The summed E-state index contributed by atoms with van der Waals surface area (Å²) in [4.78, 5) is 35.5. The van der Waals surface area contributed by atoms with E-state index in [-0.39, 0.29) is 28.2 Å². The van der Waals surface area contributed by atoms with Crippen molar-refractivity contribution >= 4 is 34.6 Å². The van der Waals surface area contributed by atoms with Gasteiger partial charge in [0.1, 0.15) is 5.75 Å². The molecule has 0 radical (unpaired) electrons. The molecule has 0 aromatic heterocycles. The number of esters is 1. The molecule has 0 unspecified atom stereocenters. The number of hydrogen-bond donors (Lipinski definition) is 2. The smallest absolute Gasteiger partial charge is 0.343 e. The molecule has 0 spiro atoms. The Hall–Kier alpha value is -5.05. The Bertz CT molecular complexity index is 1430. The van der Waals surface area contributed by atoms with Crippen LogP contribution in [0, 0.1) is 10.1 Å². The predicted octanol–water partition coefficient (Wildman–Crippen LogP) is 4.44. The van der Waals surface area contributed by atoms with Crippen molar-refractivity contribution in [3.63, 3.8) is 0 Å². The highest BCUT2D eigenvalue weighted by molar-refractivity contribution is 6.01. The van der Waals surface area contributed by atoms with Gasteiger partial charge >= 0.3 is 11.7 Å². The number of phenols is 1. The Morgan fingerprint density at radius 1 is 0.941 bits per heavy atom. The monoisotopic (exact) mass is 455 g/mol. The van der Waals surface area contributed by atoms with Gasteiger partial charge in [-0.2, -0.15) is 5.10 Å². The first-order valence-corrected chi connectivity index (χ1v) is 10.0. The average molecular weight is 455 g/mol. The van der Waals surface area contributed by atoms with E-state index in [1.54, 1.807) is 24.3 Å². The Morgan fingerprint density at radius 3 is 2.32 bits per heavy atom. The summed E-state index contributed by atoms with van der Waals surface area (Å²) in [7, 11) is 0. The van der Waals surface area contributed by atoms with Crippen LogP contribution in [-0.2, 0) is 0 Å². The molecule has 4 aromatic rings. The van der Waals surface area contributed by atoms with Crippen LogP contribution in [0.2, 0.25) is 0 Å². The van der Waals surface area contributed by atoms with Gasteiger partial charge in [-0.15, -0.1) is 0 Å². The fourth-order valence-electron chi connectivity index (χ4n) is 3.21. The summed E-state index contributed by atoms with van der Waals surface area (Å²) < 4.78 is 5.17. The zero-order valence-corrected chi connectivity index (χ0v) is 17.5. The Kier molecular flexibility index (Phi) is 6.26. The standard InChI is InChI=1S/C25H17N3O6/c29-22-14-19-9-5-4-8-18(19)13-20(22)24(30)27-26-15-16-10-11-23(21(12-16)28(32)33)34-25(31)17-6-2-1-3-7-17/h1-15,29H,(H,27,30)/b26-15+. The van der Waals surface area contributed by atoms with Crippen LogP contribution in [-0.4, -0.2) is 28.1 Å². The number of aromatic hydroxyl groups is 1. The van der Waals surface area contributed by atoms with Gasteiger partial charge in [-0.05, 0) is 47.2 Å². The quantitative estimate of drug-likeness (QED) is 0.145. The topological polar surface area (TPSA) is 131 Å². The van der Waals surface area contributed by atoms with E-state index in [0.717, 1.165) is 16.8 Å². The lowest BCUT2D eigenvalue weighted by molar-refractivity contribution is -0.385. The molecule has 0 atom stereocenters. The van der Waals surface area contributed by atoms with E-state index in [1.807, 2.05) is 18.2 Å². The molecule has 0 fully saturated rings. The highest BCUT2D eigenvalue weighted by atomic mass is 16.6. The second-order valence-corrected chi connectivity index (χ2v) is 7.16. The molecule has 0 saturated heterocycles. The van der Waals surface area contributed by atoms with Crippen LogP contribution in [0.15, 0.2) is 90.0 Å². The lowest BCUT2D eigenvalue weighted by atomic mass is 10.1. The van der Waals surface area contributed by atoms with Crippen molar-refractivity contribution in [3.05, 3.63) is 112 Å². The number of nitro groups is 1. The minimum atomic E-state index is -0.729. The molecular formula is C25H17N3O6. The molecule has 0 aliphatic carbocycles. The molecule has 0 bridgehead atoms. The maximum atomic E-state index is 12.4. The number of carbonyl (C=O) groups excluding carboxylic acids is 2. The third-order valence-electron chi connectivity index (χ3n) is 4.88. The Labute approximate surface area is 193 Å². The van der Waals surface area contributed by atoms with Crippen molar-refractivity contribution in [2.24, 2.45) is 5.10 Å². The first-order chi connectivity index (χ1) is 16.4. The average Bonchev–Trinajstić information content (AvgIpc) is 2.84. The Morgan fingerprint density at radius 2 is 1.62 bits per heavy atom. The molecule has 9 nitrogen and oxygen atoms in total. The van der Waals surface area contributed by atoms with Crippen LogP contribution in [0.5, 0.6) is 11.5 Å². The van der Waals surface area contributed by atoms with Crippen LogP contribution in [0.1, 0.15) is 26.3 Å². The predicted molar refractivity (Wildman–Crippen MR) is 125 cm³/mol. The van der Waals surface area contributed by atoms with E-state index < -0.39 is 22.5 Å². The molecule has 34 heavy (non-hydrogen) atoms. The number of carbonyl (C=O) groups is 2. The third-order valence-corrected chi connectivity index (χ3v) is 4.88. The summed E-state index contributed by atoms with van der Waals surface area (Å²) >= 11 is 0. The number of ether oxygens (including phenoxy) is 1. The lowest BCUT2D eigenvalue weighted by Gasteiger charge is -2.06. The molecule has 4 rings (SSSR count). The van der Waals surface area contributed by atoms with Gasteiger partial charge in [-0.1, -0.05) is 42.5 Å². The van der Waals surface area contributed by atoms with Gasteiger partial charge in [-0.3, -0.25) is 14.9 Å². The van der Waals surface area contributed by atoms with E-state index in [1.165, 1.54) is 42.6 Å². The number of hydrazone groups is 1. The van der Waals surface area contributed by atoms with Crippen molar-refractivity contribution in [2.45, 2.75) is 0 Å². The fraction of sp³-hybridized carbons (Fsp3) is 0. The number of nitrogens with one attached hydrogen (secondary N) is 1. The van der Waals surface area contributed by atoms with E-state index in [0.29, 0.717) is 0 Å². The maximum absolute atomic E-state index is 12.4. The lowest BCUT2D eigenvalue weighted by Crippen LogP contribution is -2.17. The van der Waals surface area contributed by atoms with Gasteiger partial charge in [0.25, 0.3) is 5.91 Å². The SMILES string of the molecule is O=C(Oc1ccc(/C=N/NC(=O)c2cc3ccccc3cc2O)cc1[N+](=O)[O-])c1ccccc1. The molecule has 0 heterocycles. The molecule has 0 aliphatic rings. The zero-order chi connectivity index (χ0) is 24.1. The molecular weight excluding hydrogens is 438 g/mol. The van der Waals surface area contributed by atoms with Crippen LogP contribution < -0.4 is 10.2 Å². The van der Waals surface area contributed by atoms with E-state index >= 15 is 0 Å². The normalized spacial score (nSPS) is 10.8. The number of amides is 1. The number of hydrogen-bond acceptors (Lipinski definition) is 7. The highest BCUT2D eigenvalue weighted by Gasteiger charge is 2.19. The number of nitrogens with zero attached hydrogens (tertiary/aromatic N) is 2. The summed E-state index contributed by atoms with van der Waals surface area (Å²) in [6, 6.07) is 22.2. The van der Waals surface area contributed by atoms with Crippen molar-refractivity contribution in [2.75, 3.05) is 0 Å². The molecule has 2 N–H and O–H groups in total.